The van der Waals surface area contributed by atoms with Gasteiger partial charge in [-0.2, -0.15) is 5.10 Å². The number of halogens is 1. The molecule has 1 aliphatic rings. The van der Waals surface area contributed by atoms with Gasteiger partial charge in [0.1, 0.15) is 17.5 Å². The molecular weight excluding hydrogens is 369 g/mol. The van der Waals surface area contributed by atoms with E-state index in [1.54, 1.807) is 6.07 Å². The second kappa shape index (κ2) is 9.71. The zero-order valence-corrected chi connectivity index (χ0v) is 17.9. The Morgan fingerprint density at radius 2 is 2.10 bits per heavy atom. The van der Waals surface area contributed by atoms with Crippen molar-refractivity contribution in [3.05, 3.63) is 41.2 Å². The molecular formula is C21H32FN7. The second-order valence-electron chi connectivity index (χ2n) is 7.29. The summed E-state index contributed by atoms with van der Waals surface area (Å²) in [7, 11) is 0. The molecule has 1 aliphatic heterocycles. The van der Waals surface area contributed by atoms with Crippen LogP contribution in [0.2, 0.25) is 0 Å². The van der Waals surface area contributed by atoms with E-state index in [0.29, 0.717) is 12.2 Å². The normalized spacial score (nSPS) is 16.4. The van der Waals surface area contributed by atoms with Gasteiger partial charge in [0, 0.05) is 32.1 Å². The van der Waals surface area contributed by atoms with Crippen LogP contribution < -0.4 is 15.5 Å². The highest BCUT2D eigenvalue weighted by molar-refractivity contribution is 5.80. The molecule has 0 amide bonds. The molecule has 0 saturated carbocycles. The smallest absolute Gasteiger partial charge is 0.191 e. The van der Waals surface area contributed by atoms with Crippen LogP contribution in [0.3, 0.4) is 0 Å². The summed E-state index contributed by atoms with van der Waals surface area (Å²) in [6.07, 6.45) is 1.88. The van der Waals surface area contributed by atoms with Gasteiger partial charge in [0.15, 0.2) is 5.96 Å². The molecule has 7 nitrogen and oxygen atoms in total. The number of hydrogen-bond acceptors (Lipinski definition) is 4. The first-order valence-electron chi connectivity index (χ1n) is 10.5. The SMILES string of the molecule is CCNC(=NCc1ccc(N(CC)CC)c(F)c1)NC1CCc2nc(C)nn2C1. The van der Waals surface area contributed by atoms with E-state index in [9.17, 15) is 4.39 Å². The molecule has 8 heteroatoms. The van der Waals surface area contributed by atoms with Crippen molar-refractivity contribution in [3.63, 3.8) is 0 Å². The van der Waals surface area contributed by atoms with Crippen LogP contribution in [-0.2, 0) is 19.5 Å². The fourth-order valence-corrected chi connectivity index (χ4v) is 3.70. The zero-order valence-electron chi connectivity index (χ0n) is 17.9. The highest BCUT2D eigenvalue weighted by Crippen LogP contribution is 2.21. The molecule has 0 radical (unpaired) electrons. The number of nitrogens with one attached hydrogen (secondary N) is 2. The minimum atomic E-state index is -0.194. The number of hydrogen-bond donors (Lipinski definition) is 2. The summed E-state index contributed by atoms with van der Waals surface area (Å²) in [5, 5.41) is 11.2. The molecule has 3 rings (SSSR count). The minimum Gasteiger partial charge on any atom is -0.370 e. The van der Waals surface area contributed by atoms with Crippen LogP contribution in [0.5, 0.6) is 0 Å². The van der Waals surface area contributed by atoms with Crippen molar-refractivity contribution in [3.8, 4) is 0 Å². The van der Waals surface area contributed by atoms with Crippen molar-refractivity contribution < 1.29 is 4.39 Å². The summed E-state index contributed by atoms with van der Waals surface area (Å²) in [4.78, 5) is 11.1. The maximum Gasteiger partial charge on any atom is 0.191 e. The zero-order chi connectivity index (χ0) is 20.8. The Morgan fingerprint density at radius 3 is 2.79 bits per heavy atom. The number of aliphatic imine (C=N–C) groups is 1. The van der Waals surface area contributed by atoms with Gasteiger partial charge in [0.05, 0.1) is 18.8 Å². The molecule has 0 saturated heterocycles. The topological polar surface area (TPSA) is 70.4 Å². The maximum absolute atomic E-state index is 14.5. The Balaban J connectivity index is 1.66. The van der Waals surface area contributed by atoms with Gasteiger partial charge in [0.2, 0.25) is 0 Å². The van der Waals surface area contributed by atoms with Crippen molar-refractivity contribution in [2.45, 2.75) is 59.7 Å². The molecule has 2 heterocycles. The quantitative estimate of drug-likeness (QED) is 0.551. The Morgan fingerprint density at radius 1 is 1.31 bits per heavy atom. The lowest BCUT2D eigenvalue weighted by Gasteiger charge is -2.25. The van der Waals surface area contributed by atoms with Gasteiger partial charge >= 0.3 is 0 Å². The molecule has 0 aliphatic carbocycles. The molecule has 158 valence electrons. The molecule has 0 bridgehead atoms. The first-order valence-corrected chi connectivity index (χ1v) is 10.5. The number of aromatic nitrogens is 3. The van der Waals surface area contributed by atoms with E-state index < -0.39 is 0 Å². The van der Waals surface area contributed by atoms with Crippen LogP contribution in [0.1, 0.15) is 44.4 Å². The Bertz CT molecular complexity index is 842. The molecule has 29 heavy (non-hydrogen) atoms. The molecule has 1 unspecified atom stereocenters. The van der Waals surface area contributed by atoms with Gasteiger partial charge in [-0.3, -0.25) is 0 Å². The van der Waals surface area contributed by atoms with Crippen molar-refractivity contribution in [2.75, 3.05) is 24.5 Å². The third kappa shape index (κ3) is 5.25. The lowest BCUT2D eigenvalue weighted by atomic mass is 10.1. The summed E-state index contributed by atoms with van der Waals surface area (Å²) in [6, 6.07) is 5.63. The van der Waals surface area contributed by atoms with Gasteiger partial charge in [0.25, 0.3) is 0 Å². The van der Waals surface area contributed by atoms with Crippen LogP contribution in [-0.4, -0.2) is 46.4 Å². The Labute approximate surface area is 172 Å². The van der Waals surface area contributed by atoms with Crippen molar-refractivity contribution in [2.24, 2.45) is 4.99 Å². The van der Waals surface area contributed by atoms with E-state index in [1.165, 1.54) is 0 Å². The van der Waals surface area contributed by atoms with Crippen LogP contribution in [0.15, 0.2) is 23.2 Å². The van der Waals surface area contributed by atoms with E-state index in [4.69, 9.17) is 0 Å². The van der Waals surface area contributed by atoms with E-state index in [1.807, 2.05) is 49.4 Å². The number of fused-ring (bicyclic) bond motifs is 1. The fraction of sp³-hybridized carbons (Fsp3) is 0.571. The summed E-state index contributed by atoms with van der Waals surface area (Å²) in [5.41, 5.74) is 1.50. The molecule has 0 fully saturated rings. The van der Waals surface area contributed by atoms with E-state index in [0.717, 1.165) is 62.2 Å². The van der Waals surface area contributed by atoms with Crippen molar-refractivity contribution in [1.82, 2.24) is 25.4 Å². The highest BCUT2D eigenvalue weighted by Gasteiger charge is 2.21. The van der Waals surface area contributed by atoms with Gasteiger partial charge in [-0.25, -0.2) is 19.0 Å². The molecule has 2 aromatic rings. The van der Waals surface area contributed by atoms with Crippen LogP contribution in [0, 0.1) is 12.7 Å². The Hall–Kier alpha value is -2.64. The van der Waals surface area contributed by atoms with Crippen molar-refractivity contribution >= 4 is 11.6 Å². The summed E-state index contributed by atoms with van der Waals surface area (Å²) < 4.78 is 16.5. The van der Waals surface area contributed by atoms with E-state index in [-0.39, 0.29) is 11.9 Å². The number of aryl methyl sites for hydroxylation is 2. The van der Waals surface area contributed by atoms with E-state index in [2.05, 4.69) is 25.7 Å². The highest BCUT2D eigenvalue weighted by atomic mass is 19.1. The first kappa shape index (κ1) is 21.1. The predicted octanol–water partition coefficient (Wildman–Crippen LogP) is 2.64. The second-order valence-corrected chi connectivity index (χ2v) is 7.29. The summed E-state index contributed by atoms with van der Waals surface area (Å²) in [6.45, 7) is 11.6. The predicted molar refractivity (Wildman–Crippen MR) is 115 cm³/mol. The van der Waals surface area contributed by atoms with E-state index >= 15 is 0 Å². The van der Waals surface area contributed by atoms with Crippen LogP contribution in [0.25, 0.3) is 0 Å². The first-order chi connectivity index (χ1) is 14.0. The molecule has 0 spiro atoms. The van der Waals surface area contributed by atoms with Gasteiger partial charge in [-0.15, -0.1) is 0 Å². The molecule has 1 aromatic heterocycles. The van der Waals surface area contributed by atoms with Gasteiger partial charge in [-0.1, -0.05) is 6.07 Å². The molecule has 1 aromatic carbocycles. The number of guanidine groups is 1. The maximum atomic E-state index is 14.5. The van der Waals surface area contributed by atoms with Gasteiger partial charge in [-0.05, 0) is 51.8 Å². The average molecular weight is 402 g/mol. The average Bonchev–Trinajstić information content (AvgIpc) is 3.08. The number of anilines is 1. The molecule has 2 N–H and O–H groups in total. The third-order valence-corrected chi connectivity index (χ3v) is 5.18. The summed E-state index contributed by atoms with van der Waals surface area (Å²) >= 11 is 0. The lowest BCUT2D eigenvalue weighted by molar-refractivity contribution is 0.392. The van der Waals surface area contributed by atoms with Crippen molar-refractivity contribution in [1.29, 1.82) is 0 Å². The number of nitrogens with zero attached hydrogens (tertiary/aromatic N) is 5. The van der Waals surface area contributed by atoms with Crippen LogP contribution >= 0.6 is 0 Å². The van der Waals surface area contributed by atoms with Crippen LogP contribution in [0.4, 0.5) is 10.1 Å². The third-order valence-electron chi connectivity index (χ3n) is 5.18. The molecule has 1 atom stereocenters. The fourth-order valence-electron chi connectivity index (χ4n) is 3.70. The monoisotopic (exact) mass is 401 g/mol. The lowest BCUT2D eigenvalue weighted by Crippen LogP contribution is -2.47. The minimum absolute atomic E-state index is 0.194. The van der Waals surface area contributed by atoms with Gasteiger partial charge < -0.3 is 15.5 Å². The largest absolute Gasteiger partial charge is 0.370 e. The standard InChI is InChI=1S/C21H32FN7/c1-5-23-21(26-17-9-11-20-25-15(4)27-29(20)14-17)24-13-16-8-10-19(18(22)12-16)28(6-2)7-3/h8,10,12,17H,5-7,9,11,13-14H2,1-4H3,(H2,23,24,26). The Kier molecular flexibility index (Phi) is 7.06. The number of rotatable bonds is 7. The number of benzene rings is 1. The summed E-state index contributed by atoms with van der Waals surface area (Å²) in [5.74, 6) is 2.41.